The van der Waals surface area contributed by atoms with Gasteiger partial charge in [0.2, 0.25) is 0 Å². The standard InChI is InChI=1S/C13H17F3N2O3/c1-12(2,5-6-19)7-17-10-8(11(20)21)3-4-9(18-10)13(14,15)16/h3-4,19H,5-7H2,1-2H3,(H,17,18)(H,20,21). The normalized spacial score (nSPS) is 12.3. The average Bonchev–Trinajstić information content (AvgIpc) is 2.34. The lowest BCUT2D eigenvalue weighted by molar-refractivity contribution is -0.141. The van der Waals surface area contributed by atoms with E-state index in [-0.39, 0.29) is 24.5 Å². The number of carboxylic acids is 1. The molecule has 0 spiro atoms. The van der Waals surface area contributed by atoms with Crippen LogP contribution in [0.25, 0.3) is 0 Å². The lowest BCUT2D eigenvalue weighted by Gasteiger charge is -2.24. The Balaban J connectivity index is 3.05. The van der Waals surface area contributed by atoms with Gasteiger partial charge in [-0.15, -0.1) is 0 Å². The van der Waals surface area contributed by atoms with E-state index in [1.165, 1.54) is 0 Å². The fraction of sp³-hybridized carbons (Fsp3) is 0.538. The number of alkyl halides is 3. The zero-order valence-corrected chi connectivity index (χ0v) is 11.7. The molecular formula is C13H17F3N2O3. The van der Waals surface area contributed by atoms with Crippen LogP contribution in [0.4, 0.5) is 19.0 Å². The topological polar surface area (TPSA) is 82.5 Å². The first-order chi connectivity index (χ1) is 9.57. The van der Waals surface area contributed by atoms with Gasteiger partial charge < -0.3 is 15.5 Å². The fourth-order valence-electron chi connectivity index (χ4n) is 1.64. The molecule has 1 aromatic rings. The van der Waals surface area contributed by atoms with E-state index >= 15 is 0 Å². The van der Waals surface area contributed by atoms with Crippen LogP contribution in [0.5, 0.6) is 0 Å². The largest absolute Gasteiger partial charge is 0.478 e. The molecule has 0 unspecified atom stereocenters. The van der Waals surface area contributed by atoms with Gasteiger partial charge in [-0.25, -0.2) is 9.78 Å². The molecule has 5 nitrogen and oxygen atoms in total. The van der Waals surface area contributed by atoms with E-state index in [1.54, 1.807) is 13.8 Å². The molecule has 0 bridgehead atoms. The number of nitrogens with zero attached hydrogens (tertiary/aromatic N) is 1. The van der Waals surface area contributed by atoms with Gasteiger partial charge in [0.25, 0.3) is 0 Å². The Morgan fingerprint density at radius 2 is 1.95 bits per heavy atom. The summed E-state index contributed by atoms with van der Waals surface area (Å²) < 4.78 is 37.9. The minimum atomic E-state index is -4.64. The number of aromatic nitrogens is 1. The molecule has 0 amide bonds. The van der Waals surface area contributed by atoms with Gasteiger partial charge in [-0.1, -0.05) is 13.8 Å². The molecule has 21 heavy (non-hydrogen) atoms. The molecule has 0 saturated heterocycles. The number of hydrogen-bond acceptors (Lipinski definition) is 4. The second-order valence-corrected chi connectivity index (χ2v) is 5.39. The Bertz CT molecular complexity index is 516. The van der Waals surface area contributed by atoms with Crippen molar-refractivity contribution >= 4 is 11.8 Å². The van der Waals surface area contributed by atoms with Crippen molar-refractivity contribution in [3.05, 3.63) is 23.4 Å². The number of aliphatic hydroxyl groups is 1. The molecule has 1 aromatic heterocycles. The third kappa shape index (κ3) is 4.89. The highest BCUT2D eigenvalue weighted by molar-refractivity contribution is 5.93. The number of pyridine rings is 1. The van der Waals surface area contributed by atoms with Gasteiger partial charge >= 0.3 is 12.1 Å². The van der Waals surface area contributed by atoms with Crippen LogP contribution in [0.2, 0.25) is 0 Å². The van der Waals surface area contributed by atoms with Crippen molar-refractivity contribution in [1.29, 1.82) is 0 Å². The van der Waals surface area contributed by atoms with Crippen LogP contribution in [0.1, 0.15) is 36.3 Å². The van der Waals surface area contributed by atoms with Gasteiger partial charge in [0.05, 0.1) is 0 Å². The van der Waals surface area contributed by atoms with Crippen molar-refractivity contribution in [2.45, 2.75) is 26.4 Å². The molecule has 0 aliphatic rings. The van der Waals surface area contributed by atoms with Crippen molar-refractivity contribution in [3.63, 3.8) is 0 Å². The van der Waals surface area contributed by atoms with Crippen LogP contribution >= 0.6 is 0 Å². The number of carboxylic acid groups (broad SMARTS) is 1. The number of halogens is 3. The fourth-order valence-corrected chi connectivity index (χ4v) is 1.64. The van der Waals surface area contributed by atoms with Gasteiger partial charge in [0.15, 0.2) is 0 Å². The third-order valence-electron chi connectivity index (χ3n) is 2.94. The Hall–Kier alpha value is -1.83. The van der Waals surface area contributed by atoms with Crippen LogP contribution in [0, 0.1) is 5.41 Å². The van der Waals surface area contributed by atoms with Crippen molar-refractivity contribution < 1.29 is 28.2 Å². The number of rotatable bonds is 6. The molecule has 0 aliphatic heterocycles. The number of nitrogens with one attached hydrogen (secondary N) is 1. The molecule has 1 heterocycles. The van der Waals surface area contributed by atoms with Gasteiger partial charge in [0, 0.05) is 13.2 Å². The van der Waals surface area contributed by atoms with Gasteiger partial charge in [-0.05, 0) is 24.0 Å². The Morgan fingerprint density at radius 1 is 1.33 bits per heavy atom. The van der Waals surface area contributed by atoms with Gasteiger partial charge in [-0.2, -0.15) is 13.2 Å². The van der Waals surface area contributed by atoms with Crippen LogP contribution in [-0.2, 0) is 6.18 Å². The first-order valence-corrected chi connectivity index (χ1v) is 6.23. The molecule has 0 aromatic carbocycles. The van der Waals surface area contributed by atoms with E-state index in [0.29, 0.717) is 12.5 Å². The maximum atomic E-state index is 12.6. The monoisotopic (exact) mass is 306 g/mol. The SMILES string of the molecule is CC(C)(CCO)CNc1nc(C(F)(F)F)ccc1C(=O)O. The quantitative estimate of drug-likeness (QED) is 0.752. The molecule has 0 aliphatic carbocycles. The second-order valence-electron chi connectivity index (χ2n) is 5.39. The van der Waals surface area contributed by atoms with E-state index in [4.69, 9.17) is 10.2 Å². The van der Waals surface area contributed by atoms with Crippen molar-refractivity contribution in [2.75, 3.05) is 18.5 Å². The molecule has 8 heteroatoms. The van der Waals surface area contributed by atoms with Crippen LogP contribution < -0.4 is 5.32 Å². The highest BCUT2D eigenvalue weighted by Gasteiger charge is 2.33. The third-order valence-corrected chi connectivity index (χ3v) is 2.94. The highest BCUT2D eigenvalue weighted by Crippen LogP contribution is 2.30. The van der Waals surface area contributed by atoms with E-state index in [0.717, 1.165) is 6.07 Å². The molecule has 0 radical (unpaired) electrons. The van der Waals surface area contributed by atoms with Crippen LogP contribution in [0.15, 0.2) is 12.1 Å². The lowest BCUT2D eigenvalue weighted by atomic mass is 9.90. The first kappa shape index (κ1) is 17.2. The van der Waals surface area contributed by atoms with Crippen molar-refractivity contribution in [1.82, 2.24) is 4.98 Å². The van der Waals surface area contributed by atoms with Crippen LogP contribution in [-0.4, -0.2) is 34.3 Å². The summed E-state index contributed by atoms with van der Waals surface area (Å²) in [7, 11) is 0. The van der Waals surface area contributed by atoms with Gasteiger partial charge in [-0.3, -0.25) is 0 Å². The van der Waals surface area contributed by atoms with Crippen molar-refractivity contribution in [2.24, 2.45) is 5.41 Å². The van der Waals surface area contributed by atoms with E-state index < -0.39 is 23.3 Å². The van der Waals surface area contributed by atoms with Gasteiger partial charge in [0.1, 0.15) is 17.1 Å². The molecule has 0 fully saturated rings. The summed E-state index contributed by atoms with van der Waals surface area (Å²) in [5.41, 5.74) is -1.90. The Morgan fingerprint density at radius 3 is 2.43 bits per heavy atom. The number of aromatic carboxylic acids is 1. The number of aliphatic hydroxyl groups excluding tert-OH is 1. The molecular weight excluding hydrogens is 289 g/mol. The maximum absolute atomic E-state index is 12.6. The average molecular weight is 306 g/mol. The number of hydrogen-bond donors (Lipinski definition) is 3. The van der Waals surface area contributed by atoms with Crippen molar-refractivity contribution in [3.8, 4) is 0 Å². The number of carbonyl (C=O) groups is 1. The summed E-state index contributed by atoms with van der Waals surface area (Å²) >= 11 is 0. The smallest absolute Gasteiger partial charge is 0.433 e. The zero-order valence-electron chi connectivity index (χ0n) is 11.7. The summed E-state index contributed by atoms with van der Waals surface area (Å²) in [4.78, 5) is 14.4. The number of anilines is 1. The zero-order chi connectivity index (χ0) is 16.3. The molecule has 3 N–H and O–H groups in total. The molecule has 1 rings (SSSR count). The summed E-state index contributed by atoms with van der Waals surface area (Å²) in [6, 6.07) is 1.51. The Labute approximate surface area is 119 Å². The maximum Gasteiger partial charge on any atom is 0.433 e. The van der Waals surface area contributed by atoms with E-state index in [2.05, 4.69) is 10.3 Å². The molecule has 0 saturated carbocycles. The van der Waals surface area contributed by atoms with E-state index in [9.17, 15) is 18.0 Å². The minimum Gasteiger partial charge on any atom is -0.478 e. The van der Waals surface area contributed by atoms with E-state index in [1.807, 2.05) is 0 Å². The summed E-state index contributed by atoms with van der Waals surface area (Å²) in [6.07, 6.45) is -4.23. The summed E-state index contributed by atoms with van der Waals surface area (Å²) in [5, 5.41) is 20.5. The second kappa shape index (κ2) is 6.30. The molecule has 118 valence electrons. The predicted molar refractivity (Wildman–Crippen MR) is 70.2 cm³/mol. The Kier molecular flexibility index (Phi) is 5.16. The highest BCUT2D eigenvalue weighted by atomic mass is 19.4. The summed E-state index contributed by atoms with van der Waals surface area (Å²) in [5.74, 6) is -1.69. The first-order valence-electron chi connectivity index (χ1n) is 6.23. The minimum absolute atomic E-state index is 0.0729. The molecule has 0 atom stereocenters. The lowest BCUT2D eigenvalue weighted by Crippen LogP contribution is -2.26. The predicted octanol–water partition coefficient (Wildman–Crippen LogP) is 2.62. The summed E-state index contributed by atoms with van der Waals surface area (Å²) in [6.45, 7) is 3.70. The van der Waals surface area contributed by atoms with Crippen LogP contribution in [0.3, 0.4) is 0 Å².